The topological polar surface area (TPSA) is 57.6 Å². The van der Waals surface area contributed by atoms with Crippen molar-refractivity contribution in [2.24, 2.45) is 0 Å². The smallest absolute Gasteiger partial charge is 0.335 e. The fourth-order valence-electron chi connectivity index (χ4n) is 5.02. The fraction of sp³-hybridized carbons (Fsp3) is 0.200. The lowest BCUT2D eigenvalue weighted by Crippen LogP contribution is -2.35. The molecule has 1 aliphatic carbocycles. The number of nitrogens with zero attached hydrogens (tertiary/aromatic N) is 1. The van der Waals surface area contributed by atoms with Crippen molar-refractivity contribution in [3.05, 3.63) is 100 Å². The predicted molar refractivity (Wildman–Crippen MR) is 116 cm³/mol. The Morgan fingerprint density at radius 1 is 1.07 bits per heavy atom. The lowest BCUT2D eigenvalue weighted by atomic mass is 9.83. The average molecular weight is 418 g/mol. The van der Waals surface area contributed by atoms with Crippen molar-refractivity contribution in [2.45, 2.75) is 30.7 Å². The molecular weight excluding hydrogens is 398 g/mol. The lowest BCUT2D eigenvalue weighted by Gasteiger charge is -2.21. The average Bonchev–Trinajstić information content (AvgIpc) is 3.33. The Labute approximate surface area is 179 Å². The third kappa shape index (κ3) is 2.53. The van der Waals surface area contributed by atoms with Crippen LogP contribution in [-0.4, -0.2) is 17.0 Å². The van der Waals surface area contributed by atoms with Crippen molar-refractivity contribution >= 4 is 29.2 Å². The standard InChI is InChI=1S/C25H20ClNO3/c1-24(18-9-11-19(26)12-10-18)15-25(24)20-7-2-3-8-21(20)27(23(25)30)14-16-5-4-6-17(13-16)22(28)29/h2-13H,14-15H2,1H3,(H,28,29)/t24-,25-/m1/s1. The van der Waals surface area contributed by atoms with Crippen LogP contribution in [0.5, 0.6) is 0 Å². The largest absolute Gasteiger partial charge is 0.478 e. The highest BCUT2D eigenvalue weighted by atomic mass is 35.5. The van der Waals surface area contributed by atoms with Gasteiger partial charge in [0.15, 0.2) is 0 Å². The zero-order chi connectivity index (χ0) is 21.1. The molecule has 1 spiro atoms. The third-order valence-electron chi connectivity index (χ3n) is 6.70. The molecule has 0 saturated heterocycles. The van der Waals surface area contributed by atoms with Gasteiger partial charge in [0, 0.05) is 16.1 Å². The van der Waals surface area contributed by atoms with Gasteiger partial charge >= 0.3 is 5.97 Å². The summed E-state index contributed by atoms with van der Waals surface area (Å²) in [7, 11) is 0. The molecule has 2 atom stereocenters. The van der Waals surface area contributed by atoms with E-state index >= 15 is 0 Å². The van der Waals surface area contributed by atoms with Gasteiger partial charge in [0.1, 0.15) is 0 Å². The maximum Gasteiger partial charge on any atom is 0.335 e. The van der Waals surface area contributed by atoms with Crippen LogP contribution in [-0.2, 0) is 22.2 Å². The van der Waals surface area contributed by atoms with E-state index in [0.717, 1.165) is 28.8 Å². The van der Waals surface area contributed by atoms with Crippen molar-refractivity contribution in [1.82, 2.24) is 0 Å². The lowest BCUT2D eigenvalue weighted by molar-refractivity contribution is -0.120. The van der Waals surface area contributed by atoms with Crippen LogP contribution in [0.4, 0.5) is 5.69 Å². The molecular formula is C25H20ClNO3. The molecule has 4 nitrogen and oxygen atoms in total. The van der Waals surface area contributed by atoms with E-state index in [4.69, 9.17) is 11.6 Å². The van der Waals surface area contributed by atoms with Gasteiger partial charge in [-0.2, -0.15) is 0 Å². The molecule has 1 aliphatic heterocycles. The zero-order valence-electron chi connectivity index (χ0n) is 16.4. The summed E-state index contributed by atoms with van der Waals surface area (Å²) in [6.45, 7) is 2.48. The number of fused-ring (bicyclic) bond motifs is 2. The van der Waals surface area contributed by atoms with Gasteiger partial charge in [0.2, 0.25) is 5.91 Å². The number of carbonyl (C=O) groups is 2. The van der Waals surface area contributed by atoms with E-state index in [1.807, 2.05) is 54.6 Å². The highest BCUT2D eigenvalue weighted by Crippen LogP contribution is 2.70. The van der Waals surface area contributed by atoms with E-state index in [2.05, 4.69) is 6.92 Å². The first-order valence-corrected chi connectivity index (χ1v) is 10.2. The molecule has 0 unspecified atom stereocenters. The van der Waals surface area contributed by atoms with E-state index in [9.17, 15) is 14.7 Å². The molecule has 1 N–H and O–H groups in total. The number of benzene rings is 3. The second kappa shape index (κ2) is 6.44. The minimum Gasteiger partial charge on any atom is -0.478 e. The summed E-state index contributed by atoms with van der Waals surface area (Å²) in [6, 6.07) is 22.5. The normalized spacial score (nSPS) is 24.2. The summed E-state index contributed by atoms with van der Waals surface area (Å²) in [4.78, 5) is 27.0. The number of anilines is 1. The third-order valence-corrected chi connectivity index (χ3v) is 6.95. The maximum absolute atomic E-state index is 13.8. The van der Waals surface area contributed by atoms with Gasteiger partial charge in [0.05, 0.1) is 17.5 Å². The molecule has 0 bridgehead atoms. The Morgan fingerprint density at radius 2 is 1.80 bits per heavy atom. The minimum atomic E-state index is -0.973. The molecule has 1 saturated carbocycles. The molecule has 1 heterocycles. The number of carboxylic acids is 1. The van der Waals surface area contributed by atoms with Crippen molar-refractivity contribution in [3.8, 4) is 0 Å². The number of hydrogen-bond donors (Lipinski definition) is 1. The first-order chi connectivity index (χ1) is 14.4. The first kappa shape index (κ1) is 18.9. The quantitative estimate of drug-likeness (QED) is 0.636. The van der Waals surface area contributed by atoms with Gasteiger partial charge in [-0.25, -0.2) is 4.79 Å². The number of amides is 1. The molecule has 30 heavy (non-hydrogen) atoms. The van der Waals surface area contributed by atoms with Crippen molar-refractivity contribution in [2.75, 3.05) is 4.90 Å². The summed E-state index contributed by atoms with van der Waals surface area (Å²) in [5.74, 6) is -0.902. The second-order valence-corrected chi connectivity index (χ2v) is 8.77. The van der Waals surface area contributed by atoms with Crippen LogP contribution in [0.1, 0.15) is 40.4 Å². The predicted octanol–water partition coefficient (Wildman–Crippen LogP) is 5.18. The molecule has 150 valence electrons. The van der Waals surface area contributed by atoms with Gasteiger partial charge in [-0.3, -0.25) is 4.79 Å². The fourth-order valence-corrected chi connectivity index (χ4v) is 5.15. The molecule has 1 fully saturated rings. The van der Waals surface area contributed by atoms with Crippen molar-refractivity contribution < 1.29 is 14.7 Å². The maximum atomic E-state index is 13.8. The highest BCUT2D eigenvalue weighted by molar-refractivity contribution is 6.30. The number of carbonyl (C=O) groups excluding carboxylic acids is 1. The number of aromatic carboxylic acids is 1. The highest BCUT2D eigenvalue weighted by Gasteiger charge is 2.74. The van der Waals surface area contributed by atoms with Crippen molar-refractivity contribution in [3.63, 3.8) is 0 Å². The summed E-state index contributed by atoms with van der Waals surface area (Å²) < 4.78 is 0. The molecule has 2 aliphatic rings. The Kier molecular flexibility index (Phi) is 4.06. The van der Waals surface area contributed by atoms with Gasteiger partial charge in [-0.05, 0) is 53.4 Å². The number of hydrogen-bond acceptors (Lipinski definition) is 2. The molecule has 3 aromatic carbocycles. The Balaban J connectivity index is 1.55. The molecule has 5 heteroatoms. The number of para-hydroxylation sites is 1. The van der Waals surface area contributed by atoms with Gasteiger partial charge in [-0.1, -0.05) is 61.0 Å². The molecule has 1 amide bonds. The zero-order valence-corrected chi connectivity index (χ0v) is 17.2. The van der Waals surface area contributed by atoms with Crippen LogP contribution in [0.25, 0.3) is 0 Å². The number of halogens is 1. The first-order valence-electron chi connectivity index (χ1n) is 9.87. The molecule has 0 aromatic heterocycles. The SMILES string of the molecule is C[C@]1(c2ccc(Cl)cc2)C[C@@]12C(=O)N(Cc1cccc(C(=O)O)c1)c1ccccc12. The van der Waals surface area contributed by atoms with Crippen LogP contribution < -0.4 is 4.90 Å². The van der Waals surface area contributed by atoms with Crippen LogP contribution in [0.15, 0.2) is 72.8 Å². The number of carboxylic acid groups (broad SMARTS) is 1. The van der Waals surface area contributed by atoms with Crippen LogP contribution in [0.2, 0.25) is 5.02 Å². The Morgan fingerprint density at radius 3 is 2.53 bits per heavy atom. The minimum absolute atomic E-state index is 0.0712. The van der Waals surface area contributed by atoms with E-state index in [1.165, 1.54) is 0 Å². The monoisotopic (exact) mass is 417 g/mol. The van der Waals surface area contributed by atoms with Crippen LogP contribution in [0, 0.1) is 0 Å². The van der Waals surface area contributed by atoms with Gasteiger partial charge < -0.3 is 10.0 Å². The van der Waals surface area contributed by atoms with Gasteiger partial charge in [-0.15, -0.1) is 0 Å². The van der Waals surface area contributed by atoms with Crippen LogP contribution >= 0.6 is 11.6 Å². The van der Waals surface area contributed by atoms with Crippen LogP contribution in [0.3, 0.4) is 0 Å². The molecule has 0 radical (unpaired) electrons. The second-order valence-electron chi connectivity index (χ2n) is 8.34. The molecule has 5 rings (SSSR count). The van der Waals surface area contributed by atoms with E-state index in [-0.39, 0.29) is 16.9 Å². The van der Waals surface area contributed by atoms with E-state index in [1.54, 1.807) is 23.1 Å². The van der Waals surface area contributed by atoms with E-state index < -0.39 is 11.4 Å². The van der Waals surface area contributed by atoms with E-state index in [0.29, 0.717) is 11.6 Å². The summed E-state index contributed by atoms with van der Waals surface area (Å²) in [5, 5.41) is 9.97. The van der Waals surface area contributed by atoms with Gasteiger partial charge in [0.25, 0.3) is 0 Å². The Bertz CT molecular complexity index is 1190. The Hall–Kier alpha value is -3.11. The van der Waals surface area contributed by atoms with Crippen molar-refractivity contribution in [1.29, 1.82) is 0 Å². The summed E-state index contributed by atoms with van der Waals surface area (Å²) in [5.41, 5.74) is 3.17. The summed E-state index contributed by atoms with van der Waals surface area (Å²) >= 11 is 6.07. The number of rotatable bonds is 4. The molecule has 3 aromatic rings. The summed E-state index contributed by atoms with van der Waals surface area (Å²) in [6.07, 6.45) is 0.739.